The lowest BCUT2D eigenvalue weighted by Gasteiger charge is -2.43. The van der Waals surface area contributed by atoms with Gasteiger partial charge < -0.3 is 14.6 Å². The Morgan fingerprint density at radius 3 is 2.58 bits per heavy atom. The standard InChI is InChI=1S/C19H26ClN3O3/c1-3-4-17-25-10-19(2,11-26-17)18(24)16(23-13-21-12-22-23)9-14-5-7-15(20)8-6-14/h5-8,12-13,16-18,24H,3-4,9-11H2,1-2H3. The van der Waals surface area contributed by atoms with Crippen LogP contribution in [0.3, 0.4) is 0 Å². The molecule has 26 heavy (non-hydrogen) atoms. The second kappa shape index (κ2) is 8.48. The highest BCUT2D eigenvalue weighted by Crippen LogP contribution is 2.35. The molecule has 1 aromatic carbocycles. The van der Waals surface area contributed by atoms with Gasteiger partial charge in [0.25, 0.3) is 0 Å². The van der Waals surface area contributed by atoms with E-state index in [2.05, 4.69) is 17.0 Å². The Bertz CT molecular complexity index is 670. The van der Waals surface area contributed by atoms with E-state index in [1.165, 1.54) is 6.33 Å². The molecule has 7 heteroatoms. The minimum atomic E-state index is -0.706. The summed E-state index contributed by atoms with van der Waals surface area (Å²) in [4.78, 5) is 4.04. The van der Waals surface area contributed by atoms with E-state index in [0.717, 1.165) is 18.4 Å². The Morgan fingerprint density at radius 2 is 2.00 bits per heavy atom. The van der Waals surface area contributed by atoms with Gasteiger partial charge in [0.15, 0.2) is 6.29 Å². The fourth-order valence-corrected chi connectivity index (χ4v) is 3.42. The second-order valence-corrected chi connectivity index (χ2v) is 7.65. The summed E-state index contributed by atoms with van der Waals surface area (Å²) in [5.41, 5.74) is 0.548. The zero-order valence-electron chi connectivity index (χ0n) is 15.2. The SMILES string of the molecule is CCCC1OCC(C)(C(O)C(Cc2ccc(Cl)cc2)n2cncn2)CO1. The Labute approximate surface area is 159 Å². The zero-order chi connectivity index (χ0) is 18.6. The molecule has 2 atom stereocenters. The van der Waals surface area contributed by atoms with Crippen LogP contribution in [0, 0.1) is 5.41 Å². The maximum absolute atomic E-state index is 11.2. The summed E-state index contributed by atoms with van der Waals surface area (Å²) in [5.74, 6) is 0. The maximum Gasteiger partial charge on any atom is 0.157 e. The molecular formula is C19H26ClN3O3. The molecule has 1 aromatic heterocycles. The lowest BCUT2D eigenvalue weighted by Crippen LogP contribution is -2.50. The van der Waals surface area contributed by atoms with Crippen molar-refractivity contribution in [3.8, 4) is 0 Å². The minimum absolute atomic E-state index is 0.179. The van der Waals surface area contributed by atoms with E-state index < -0.39 is 11.5 Å². The molecule has 3 rings (SSSR count). The monoisotopic (exact) mass is 379 g/mol. The van der Waals surface area contributed by atoms with Gasteiger partial charge in [0.2, 0.25) is 0 Å². The Morgan fingerprint density at radius 1 is 1.31 bits per heavy atom. The van der Waals surface area contributed by atoms with Crippen LogP contribution < -0.4 is 0 Å². The molecular weight excluding hydrogens is 354 g/mol. The van der Waals surface area contributed by atoms with Crippen LogP contribution in [0.15, 0.2) is 36.9 Å². The smallest absolute Gasteiger partial charge is 0.157 e. The molecule has 0 saturated carbocycles. The van der Waals surface area contributed by atoms with Crippen molar-refractivity contribution in [1.29, 1.82) is 0 Å². The van der Waals surface area contributed by atoms with Crippen molar-refractivity contribution in [3.05, 3.63) is 47.5 Å². The number of halogens is 1. The van der Waals surface area contributed by atoms with Crippen molar-refractivity contribution < 1.29 is 14.6 Å². The number of nitrogens with zero attached hydrogens (tertiary/aromatic N) is 3. The quantitative estimate of drug-likeness (QED) is 0.799. The van der Waals surface area contributed by atoms with E-state index in [-0.39, 0.29) is 12.3 Å². The van der Waals surface area contributed by atoms with Crippen molar-refractivity contribution >= 4 is 11.6 Å². The molecule has 1 saturated heterocycles. The zero-order valence-corrected chi connectivity index (χ0v) is 16.0. The summed E-state index contributed by atoms with van der Waals surface area (Å²) in [7, 11) is 0. The van der Waals surface area contributed by atoms with Gasteiger partial charge in [-0.2, -0.15) is 5.10 Å². The molecule has 0 bridgehead atoms. The summed E-state index contributed by atoms with van der Waals surface area (Å²) in [6, 6.07) is 7.36. The number of aliphatic hydroxyl groups excluding tert-OH is 1. The normalized spacial score (nSPS) is 25.8. The molecule has 2 unspecified atom stereocenters. The van der Waals surface area contributed by atoms with Crippen LogP contribution in [-0.4, -0.2) is 45.5 Å². The third-order valence-corrected chi connectivity index (χ3v) is 5.19. The Hall–Kier alpha value is -1.47. The average molecular weight is 380 g/mol. The summed E-state index contributed by atoms with van der Waals surface area (Å²) < 4.78 is 13.4. The van der Waals surface area contributed by atoms with E-state index in [1.54, 1.807) is 11.0 Å². The predicted molar refractivity (Wildman–Crippen MR) is 98.9 cm³/mol. The Balaban J connectivity index is 1.77. The first kappa shape index (κ1) is 19.3. The number of benzene rings is 1. The van der Waals surface area contributed by atoms with E-state index >= 15 is 0 Å². The molecule has 0 spiro atoms. The van der Waals surface area contributed by atoms with Crippen molar-refractivity contribution in [2.75, 3.05) is 13.2 Å². The third-order valence-electron chi connectivity index (χ3n) is 4.94. The van der Waals surface area contributed by atoms with Crippen LogP contribution in [0.2, 0.25) is 5.02 Å². The van der Waals surface area contributed by atoms with Crippen LogP contribution in [0.1, 0.15) is 38.3 Å². The molecule has 2 aromatic rings. The number of aromatic nitrogens is 3. The van der Waals surface area contributed by atoms with Crippen molar-refractivity contribution in [2.45, 2.75) is 51.5 Å². The van der Waals surface area contributed by atoms with Crippen LogP contribution in [-0.2, 0) is 15.9 Å². The first-order chi connectivity index (χ1) is 12.5. The fourth-order valence-electron chi connectivity index (χ4n) is 3.29. The lowest BCUT2D eigenvalue weighted by atomic mass is 9.79. The second-order valence-electron chi connectivity index (χ2n) is 7.21. The molecule has 1 N–H and O–H groups in total. The first-order valence-electron chi connectivity index (χ1n) is 9.01. The van der Waals surface area contributed by atoms with E-state index in [9.17, 15) is 5.11 Å². The van der Waals surface area contributed by atoms with Crippen LogP contribution in [0.5, 0.6) is 0 Å². The van der Waals surface area contributed by atoms with Gasteiger partial charge in [0.1, 0.15) is 12.7 Å². The van der Waals surface area contributed by atoms with Crippen molar-refractivity contribution in [2.24, 2.45) is 5.41 Å². The summed E-state index contributed by atoms with van der Waals surface area (Å²) in [5, 5.41) is 16.2. The van der Waals surface area contributed by atoms with Gasteiger partial charge in [-0.3, -0.25) is 0 Å². The van der Waals surface area contributed by atoms with E-state index in [4.69, 9.17) is 21.1 Å². The van der Waals surface area contributed by atoms with Gasteiger partial charge in [-0.05, 0) is 30.5 Å². The lowest BCUT2D eigenvalue weighted by molar-refractivity contribution is -0.250. The number of rotatable bonds is 7. The molecule has 2 heterocycles. The van der Waals surface area contributed by atoms with Crippen molar-refractivity contribution in [1.82, 2.24) is 14.8 Å². The number of hydrogen-bond donors (Lipinski definition) is 1. The Kier molecular flexibility index (Phi) is 6.29. The van der Waals surface area contributed by atoms with Gasteiger partial charge in [-0.1, -0.05) is 44.0 Å². The molecule has 0 radical (unpaired) electrons. The third kappa shape index (κ3) is 4.43. The van der Waals surface area contributed by atoms with Gasteiger partial charge in [0.05, 0.1) is 25.4 Å². The largest absolute Gasteiger partial charge is 0.390 e. The summed E-state index contributed by atoms with van der Waals surface area (Å²) in [6.45, 7) is 4.99. The molecule has 1 fully saturated rings. The summed E-state index contributed by atoms with van der Waals surface area (Å²) in [6.07, 6.45) is 4.71. The number of hydrogen-bond acceptors (Lipinski definition) is 5. The van der Waals surface area contributed by atoms with Gasteiger partial charge in [0, 0.05) is 10.4 Å². The topological polar surface area (TPSA) is 69.4 Å². The van der Waals surface area contributed by atoms with Gasteiger partial charge in [-0.15, -0.1) is 0 Å². The highest BCUT2D eigenvalue weighted by atomic mass is 35.5. The highest BCUT2D eigenvalue weighted by Gasteiger charge is 2.43. The van der Waals surface area contributed by atoms with E-state index in [0.29, 0.717) is 24.7 Å². The average Bonchev–Trinajstić information content (AvgIpc) is 3.17. The molecule has 1 aliphatic rings. The number of ether oxygens (including phenoxy) is 2. The molecule has 0 amide bonds. The predicted octanol–water partition coefficient (Wildman–Crippen LogP) is 3.26. The van der Waals surface area contributed by atoms with E-state index in [1.807, 2.05) is 31.2 Å². The van der Waals surface area contributed by atoms with Crippen LogP contribution in [0.4, 0.5) is 0 Å². The van der Waals surface area contributed by atoms with Gasteiger partial charge in [-0.25, -0.2) is 9.67 Å². The first-order valence-corrected chi connectivity index (χ1v) is 9.39. The molecule has 6 nitrogen and oxygen atoms in total. The maximum atomic E-state index is 11.2. The minimum Gasteiger partial charge on any atom is -0.390 e. The van der Waals surface area contributed by atoms with Crippen LogP contribution in [0.25, 0.3) is 0 Å². The van der Waals surface area contributed by atoms with Gasteiger partial charge >= 0.3 is 0 Å². The summed E-state index contributed by atoms with van der Waals surface area (Å²) >= 11 is 5.98. The fraction of sp³-hybridized carbons (Fsp3) is 0.579. The van der Waals surface area contributed by atoms with Crippen LogP contribution >= 0.6 is 11.6 Å². The molecule has 142 valence electrons. The highest BCUT2D eigenvalue weighted by molar-refractivity contribution is 6.30. The molecule has 0 aliphatic carbocycles. The molecule has 1 aliphatic heterocycles. The number of aliphatic hydroxyl groups is 1. The van der Waals surface area contributed by atoms with Crippen molar-refractivity contribution in [3.63, 3.8) is 0 Å².